The quantitative estimate of drug-likeness (QED) is 0.432. The Kier molecular flexibility index (Phi) is 7.40. The Labute approximate surface area is 188 Å². The average Bonchev–Trinajstić information content (AvgIpc) is 3.15. The third-order valence-corrected chi connectivity index (χ3v) is 4.60. The Hall–Kier alpha value is -3.07. The SMILES string of the molecule is CC(C)Oc1nc(-c2ccc(C(F)(F)F)cc2)n(-c2ccc(NC(=O)CCCCl)cc2)n1. The Bertz CT molecular complexity index is 1050. The van der Waals surface area contributed by atoms with Gasteiger partial charge in [0.2, 0.25) is 5.91 Å². The number of anilines is 1. The first-order chi connectivity index (χ1) is 15.2. The highest BCUT2D eigenvalue weighted by Gasteiger charge is 2.30. The molecule has 3 aromatic rings. The second kappa shape index (κ2) is 10.0. The normalized spacial score (nSPS) is 11.6. The molecule has 10 heteroatoms. The van der Waals surface area contributed by atoms with E-state index in [1.165, 1.54) is 16.8 Å². The maximum atomic E-state index is 12.9. The second-order valence-electron chi connectivity index (χ2n) is 7.26. The number of hydrogen-bond donors (Lipinski definition) is 1. The number of nitrogens with one attached hydrogen (secondary N) is 1. The van der Waals surface area contributed by atoms with Gasteiger partial charge in [-0.15, -0.1) is 16.7 Å². The zero-order valence-corrected chi connectivity index (χ0v) is 18.2. The summed E-state index contributed by atoms with van der Waals surface area (Å²) in [6.07, 6.45) is -3.71. The minimum Gasteiger partial charge on any atom is -0.460 e. The molecule has 0 aliphatic heterocycles. The van der Waals surface area contributed by atoms with Gasteiger partial charge in [-0.25, -0.2) is 4.68 Å². The van der Waals surface area contributed by atoms with Crippen LogP contribution in [0.5, 0.6) is 6.01 Å². The number of amides is 1. The maximum absolute atomic E-state index is 12.9. The van der Waals surface area contributed by atoms with Crippen LogP contribution in [-0.2, 0) is 11.0 Å². The summed E-state index contributed by atoms with van der Waals surface area (Å²) < 4.78 is 45.8. The highest BCUT2D eigenvalue weighted by Crippen LogP contribution is 2.31. The third kappa shape index (κ3) is 6.00. The summed E-state index contributed by atoms with van der Waals surface area (Å²) in [5.74, 6) is 0.595. The lowest BCUT2D eigenvalue weighted by Gasteiger charge is -2.10. The number of hydrogen-bond acceptors (Lipinski definition) is 4. The summed E-state index contributed by atoms with van der Waals surface area (Å²) in [4.78, 5) is 16.2. The van der Waals surface area contributed by atoms with Crippen LogP contribution in [0.4, 0.5) is 18.9 Å². The summed E-state index contributed by atoms with van der Waals surface area (Å²) >= 11 is 5.61. The van der Waals surface area contributed by atoms with E-state index in [0.717, 1.165) is 12.1 Å². The molecule has 1 N–H and O–H groups in total. The fourth-order valence-electron chi connectivity index (χ4n) is 2.87. The van der Waals surface area contributed by atoms with E-state index in [4.69, 9.17) is 16.3 Å². The van der Waals surface area contributed by atoms with Gasteiger partial charge in [-0.3, -0.25) is 4.79 Å². The molecule has 0 aliphatic carbocycles. The van der Waals surface area contributed by atoms with E-state index in [-0.39, 0.29) is 18.0 Å². The molecule has 1 amide bonds. The zero-order valence-electron chi connectivity index (χ0n) is 17.5. The van der Waals surface area contributed by atoms with Crippen LogP contribution in [0.15, 0.2) is 48.5 Å². The number of aromatic nitrogens is 3. The van der Waals surface area contributed by atoms with Crippen molar-refractivity contribution >= 4 is 23.2 Å². The van der Waals surface area contributed by atoms with Gasteiger partial charge < -0.3 is 10.1 Å². The van der Waals surface area contributed by atoms with E-state index in [1.54, 1.807) is 24.3 Å². The van der Waals surface area contributed by atoms with Crippen molar-refractivity contribution in [2.75, 3.05) is 11.2 Å². The monoisotopic (exact) mass is 466 g/mol. The molecule has 32 heavy (non-hydrogen) atoms. The Morgan fingerprint density at radius 2 is 1.78 bits per heavy atom. The molecule has 0 atom stereocenters. The van der Waals surface area contributed by atoms with Crippen LogP contribution < -0.4 is 10.1 Å². The fraction of sp³-hybridized carbons (Fsp3) is 0.318. The lowest BCUT2D eigenvalue weighted by atomic mass is 10.1. The van der Waals surface area contributed by atoms with Gasteiger partial charge in [-0.05, 0) is 56.7 Å². The molecule has 0 saturated carbocycles. The molecule has 0 unspecified atom stereocenters. The van der Waals surface area contributed by atoms with Gasteiger partial charge in [-0.2, -0.15) is 18.2 Å². The lowest BCUT2D eigenvalue weighted by Crippen LogP contribution is -2.11. The van der Waals surface area contributed by atoms with E-state index in [2.05, 4.69) is 15.4 Å². The Morgan fingerprint density at radius 3 is 2.34 bits per heavy atom. The fourth-order valence-corrected chi connectivity index (χ4v) is 3.00. The molecule has 0 bridgehead atoms. The van der Waals surface area contributed by atoms with Crippen molar-refractivity contribution < 1.29 is 22.7 Å². The smallest absolute Gasteiger partial charge is 0.416 e. The van der Waals surface area contributed by atoms with Crippen molar-refractivity contribution in [1.82, 2.24) is 14.8 Å². The lowest BCUT2D eigenvalue weighted by molar-refractivity contribution is -0.137. The van der Waals surface area contributed by atoms with Gasteiger partial charge in [0.05, 0.1) is 17.4 Å². The number of carbonyl (C=O) groups excluding carboxylic acids is 1. The largest absolute Gasteiger partial charge is 0.460 e. The first-order valence-electron chi connectivity index (χ1n) is 9.95. The van der Waals surface area contributed by atoms with Crippen molar-refractivity contribution in [3.8, 4) is 23.1 Å². The van der Waals surface area contributed by atoms with E-state index in [9.17, 15) is 18.0 Å². The first-order valence-corrected chi connectivity index (χ1v) is 10.5. The number of halogens is 4. The predicted octanol–water partition coefficient (Wildman–Crippen LogP) is 5.70. The number of carbonyl (C=O) groups is 1. The molecule has 2 aromatic carbocycles. The number of alkyl halides is 4. The second-order valence-corrected chi connectivity index (χ2v) is 7.64. The molecular formula is C22H22ClF3N4O2. The van der Waals surface area contributed by atoms with E-state index < -0.39 is 11.7 Å². The standard InChI is InChI=1S/C22H22ClF3N4O2/c1-14(2)32-21-28-20(15-5-7-16(8-6-15)22(24,25)26)30(29-21)18-11-9-17(10-12-18)27-19(31)4-3-13-23/h5-12,14H,3-4,13H2,1-2H3,(H,27,31). The van der Waals surface area contributed by atoms with Gasteiger partial charge in [-0.1, -0.05) is 12.1 Å². The Balaban J connectivity index is 1.91. The predicted molar refractivity (Wildman–Crippen MR) is 116 cm³/mol. The van der Waals surface area contributed by atoms with Gasteiger partial charge in [0, 0.05) is 23.6 Å². The number of benzene rings is 2. The van der Waals surface area contributed by atoms with Crippen LogP contribution in [0.2, 0.25) is 0 Å². The molecule has 3 rings (SSSR count). The molecular weight excluding hydrogens is 445 g/mol. The van der Waals surface area contributed by atoms with Gasteiger partial charge in [0.15, 0.2) is 5.82 Å². The molecule has 0 fully saturated rings. The zero-order chi connectivity index (χ0) is 23.3. The average molecular weight is 467 g/mol. The van der Waals surface area contributed by atoms with E-state index in [1.807, 2.05) is 13.8 Å². The minimum atomic E-state index is -4.43. The van der Waals surface area contributed by atoms with Crippen LogP contribution in [-0.4, -0.2) is 32.7 Å². The topological polar surface area (TPSA) is 69.0 Å². The van der Waals surface area contributed by atoms with E-state index in [0.29, 0.717) is 41.5 Å². The molecule has 1 heterocycles. The minimum absolute atomic E-state index is 0.105. The summed E-state index contributed by atoms with van der Waals surface area (Å²) in [6.45, 7) is 3.64. The first kappa shape index (κ1) is 23.6. The summed E-state index contributed by atoms with van der Waals surface area (Å²) in [7, 11) is 0. The van der Waals surface area contributed by atoms with E-state index >= 15 is 0 Å². The van der Waals surface area contributed by atoms with Gasteiger partial charge >= 0.3 is 12.2 Å². The van der Waals surface area contributed by atoms with Crippen molar-refractivity contribution in [1.29, 1.82) is 0 Å². The number of rotatable bonds is 8. The number of ether oxygens (including phenoxy) is 1. The Morgan fingerprint density at radius 1 is 1.12 bits per heavy atom. The van der Waals surface area contributed by atoms with Crippen molar-refractivity contribution in [3.05, 3.63) is 54.1 Å². The van der Waals surface area contributed by atoms with Gasteiger partial charge in [0.1, 0.15) is 0 Å². The third-order valence-electron chi connectivity index (χ3n) is 4.33. The van der Waals surface area contributed by atoms with Crippen LogP contribution in [0.25, 0.3) is 17.1 Å². The van der Waals surface area contributed by atoms with Crippen molar-refractivity contribution in [2.24, 2.45) is 0 Å². The highest BCUT2D eigenvalue weighted by molar-refractivity contribution is 6.18. The molecule has 0 saturated heterocycles. The molecule has 1 aromatic heterocycles. The van der Waals surface area contributed by atoms with Crippen LogP contribution in [0, 0.1) is 0 Å². The number of nitrogens with zero attached hydrogens (tertiary/aromatic N) is 3. The molecule has 0 radical (unpaired) electrons. The van der Waals surface area contributed by atoms with Gasteiger partial charge in [0.25, 0.3) is 0 Å². The summed E-state index contributed by atoms with van der Waals surface area (Å²) in [5, 5.41) is 7.14. The van der Waals surface area contributed by atoms with Crippen LogP contribution >= 0.6 is 11.6 Å². The molecule has 0 aliphatic rings. The molecule has 6 nitrogen and oxygen atoms in total. The highest BCUT2D eigenvalue weighted by atomic mass is 35.5. The summed E-state index contributed by atoms with van der Waals surface area (Å²) in [6, 6.07) is 11.6. The van der Waals surface area contributed by atoms with Crippen LogP contribution in [0.3, 0.4) is 0 Å². The maximum Gasteiger partial charge on any atom is 0.416 e. The molecule has 0 spiro atoms. The van der Waals surface area contributed by atoms with Crippen molar-refractivity contribution in [3.63, 3.8) is 0 Å². The van der Waals surface area contributed by atoms with Crippen LogP contribution in [0.1, 0.15) is 32.3 Å². The van der Waals surface area contributed by atoms with Crippen molar-refractivity contribution in [2.45, 2.75) is 39.0 Å². The molecule has 170 valence electrons. The summed E-state index contributed by atoms with van der Waals surface area (Å²) in [5.41, 5.74) is 0.899.